The van der Waals surface area contributed by atoms with Crippen LogP contribution in [0.2, 0.25) is 0 Å². The zero-order chi connectivity index (χ0) is 14.1. The lowest BCUT2D eigenvalue weighted by molar-refractivity contribution is 0.0780. The van der Waals surface area contributed by atoms with Crippen molar-refractivity contribution in [3.8, 4) is 0 Å². The van der Waals surface area contributed by atoms with Crippen LogP contribution >= 0.6 is 0 Å². The van der Waals surface area contributed by atoms with Crippen LogP contribution < -0.4 is 5.73 Å². The van der Waals surface area contributed by atoms with Gasteiger partial charge in [-0.15, -0.1) is 0 Å². The Kier molecular flexibility index (Phi) is 3.34. The maximum atomic E-state index is 12.5. The zero-order valence-corrected chi connectivity index (χ0v) is 11.3. The van der Waals surface area contributed by atoms with Crippen LogP contribution in [0, 0.1) is 11.8 Å². The topological polar surface area (TPSA) is 78.9 Å². The van der Waals surface area contributed by atoms with Crippen molar-refractivity contribution in [3.63, 3.8) is 0 Å². The van der Waals surface area contributed by atoms with Crippen molar-refractivity contribution in [2.24, 2.45) is 22.7 Å². The number of rotatable bonds is 2. The Morgan fingerprint density at radius 2 is 1.90 bits per heavy atom. The van der Waals surface area contributed by atoms with E-state index in [0.717, 1.165) is 13.1 Å². The first-order valence-corrected chi connectivity index (χ1v) is 7.06. The number of carbonyl (C=O) groups is 1. The summed E-state index contributed by atoms with van der Waals surface area (Å²) in [6.07, 6.45) is 3.80. The van der Waals surface area contributed by atoms with E-state index in [1.54, 1.807) is 24.3 Å². The standard InChI is InChI=1S/C15H19N3O2/c16-14(17-20)10-3-1-4-11(7-10)15(19)18-8-12-5-2-6-13(12)9-18/h1,3-4,7,12-13,20H,2,5-6,8-9H2,(H2,16,17). The number of nitrogens with zero attached hydrogens (tertiary/aromatic N) is 2. The van der Waals surface area contributed by atoms with Crippen molar-refractivity contribution in [1.29, 1.82) is 0 Å². The number of amidine groups is 1. The first-order valence-electron chi connectivity index (χ1n) is 7.06. The highest BCUT2D eigenvalue weighted by atomic mass is 16.4. The molecule has 1 aliphatic carbocycles. The van der Waals surface area contributed by atoms with Gasteiger partial charge < -0.3 is 15.8 Å². The molecule has 1 saturated heterocycles. The fourth-order valence-electron chi connectivity index (χ4n) is 3.45. The van der Waals surface area contributed by atoms with Crippen molar-refractivity contribution in [2.45, 2.75) is 19.3 Å². The minimum absolute atomic E-state index is 0.0259. The molecule has 3 N–H and O–H groups in total. The quantitative estimate of drug-likeness (QED) is 0.372. The predicted octanol–water partition coefficient (Wildman–Crippen LogP) is 1.65. The Labute approximate surface area is 118 Å². The molecule has 106 valence electrons. The smallest absolute Gasteiger partial charge is 0.253 e. The average molecular weight is 273 g/mol. The Morgan fingerprint density at radius 1 is 1.25 bits per heavy atom. The van der Waals surface area contributed by atoms with Gasteiger partial charge in [0.1, 0.15) is 0 Å². The third-order valence-corrected chi connectivity index (χ3v) is 4.53. The Hall–Kier alpha value is -2.04. The predicted molar refractivity (Wildman–Crippen MR) is 75.7 cm³/mol. The molecule has 1 heterocycles. The van der Waals surface area contributed by atoms with E-state index in [0.29, 0.717) is 23.0 Å². The molecule has 0 bridgehead atoms. The summed E-state index contributed by atoms with van der Waals surface area (Å²) in [5, 5.41) is 11.7. The van der Waals surface area contributed by atoms with Gasteiger partial charge in [0.15, 0.2) is 5.84 Å². The molecule has 2 atom stereocenters. The summed E-state index contributed by atoms with van der Waals surface area (Å²) >= 11 is 0. The lowest BCUT2D eigenvalue weighted by atomic mass is 10.0. The molecule has 0 aromatic heterocycles. The van der Waals surface area contributed by atoms with Crippen LogP contribution in [-0.4, -0.2) is 34.9 Å². The van der Waals surface area contributed by atoms with Gasteiger partial charge in [0, 0.05) is 24.2 Å². The highest BCUT2D eigenvalue weighted by molar-refractivity contribution is 6.01. The van der Waals surface area contributed by atoms with Crippen LogP contribution in [0.25, 0.3) is 0 Å². The molecule has 1 aromatic carbocycles. The van der Waals surface area contributed by atoms with E-state index in [2.05, 4.69) is 5.16 Å². The minimum Gasteiger partial charge on any atom is -0.409 e. The second kappa shape index (κ2) is 5.15. The van der Waals surface area contributed by atoms with Crippen LogP contribution in [0.5, 0.6) is 0 Å². The first-order chi connectivity index (χ1) is 9.69. The third-order valence-electron chi connectivity index (χ3n) is 4.53. The van der Waals surface area contributed by atoms with Gasteiger partial charge in [0.2, 0.25) is 0 Å². The normalized spacial score (nSPS) is 25.8. The van der Waals surface area contributed by atoms with Crippen LogP contribution in [-0.2, 0) is 0 Å². The summed E-state index contributed by atoms with van der Waals surface area (Å²) in [5.41, 5.74) is 6.74. The van der Waals surface area contributed by atoms with Gasteiger partial charge in [-0.3, -0.25) is 4.79 Å². The SMILES string of the molecule is N/C(=N/O)c1cccc(C(=O)N2CC3CCCC3C2)c1. The molecule has 1 aromatic rings. The minimum atomic E-state index is 0.0259. The summed E-state index contributed by atoms with van der Waals surface area (Å²) in [4.78, 5) is 14.5. The molecule has 3 rings (SSSR count). The highest BCUT2D eigenvalue weighted by Gasteiger charge is 2.38. The van der Waals surface area contributed by atoms with Gasteiger partial charge in [-0.05, 0) is 36.8 Å². The van der Waals surface area contributed by atoms with Crippen LogP contribution in [0.1, 0.15) is 35.2 Å². The summed E-state index contributed by atoms with van der Waals surface area (Å²) < 4.78 is 0. The molecule has 2 aliphatic rings. The zero-order valence-electron chi connectivity index (χ0n) is 11.3. The van der Waals surface area contributed by atoms with E-state index in [4.69, 9.17) is 10.9 Å². The number of hydrogen-bond donors (Lipinski definition) is 2. The van der Waals surface area contributed by atoms with Gasteiger partial charge in [0.25, 0.3) is 5.91 Å². The molecule has 2 unspecified atom stereocenters. The number of fused-ring (bicyclic) bond motifs is 1. The molecular formula is C15H19N3O2. The first kappa shape index (κ1) is 13.0. The van der Waals surface area contributed by atoms with Crippen molar-refractivity contribution < 1.29 is 10.0 Å². The van der Waals surface area contributed by atoms with Crippen molar-refractivity contribution in [2.75, 3.05) is 13.1 Å². The maximum absolute atomic E-state index is 12.5. The molecule has 20 heavy (non-hydrogen) atoms. The van der Waals surface area contributed by atoms with Crippen molar-refractivity contribution in [1.82, 2.24) is 4.90 Å². The molecule has 1 aliphatic heterocycles. The summed E-state index contributed by atoms with van der Waals surface area (Å²) in [6, 6.07) is 6.96. The molecule has 5 heteroatoms. The number of carbonyl (C=O) groups excluding carboxylic acids is 1. The molecule has 1 saturated carbocycles. The van der Waals surface area contributed by atoms with Crippen LogP contribution in [0.15, 0.2) is 29.4 Å². The lowest BCUT2D eigenvalue weighted by Crippen LogP contribution is -2.29. The Bertz CT molecular complexity index is 544. The summed E-state index contributed by atoms with van der Waals surface area (Å²) in [5.74, 6) is 1.45. The molecule has 0 radical (unpaired) electrons. The van der Waals surface area contributed by atoms with Crippen molar-refractivity contribution >= 4 is 11.7 Å². The number of benzene rings is 1. The molecule has 1 amide bonds. The number of oxime groups is 1. The monoisotopic (exact) mass is 273 g/mol. The largest absolute Gasteiger partial charge is 0.409 e. The van der Waals surface area contributed by atoms with Crippen LogP contribution in [0.3, 0.4) is 0 Å². The van der Waals surface area contributed by atoms with E-state index in [1.807, 2.05) is 4.90 Å². The fourth-order valence-corrected chi connectivity index (χ4v) is 3.45. The van der Waals surface area contributed by atoms with E-state index in [-0.39, 0.29) is 11.7 Å². The van der Waals surface area contributed by atoms with Gasteiger partial charge in [-0.2, -0.15) is 0 Å². The van der Waals surface area contributed by atoms with Crippen molar-refractivity contribution in [3.05, 3.63) is 35.4 Å². The van der Waals surface area contributed by atoms with E-state index in [1.165, 1.54) is 19.3 Å². The van der Waals surface area contributed by atoms with E-state index >= 15 is 0 Å². The number of nitrogens with two attached hydrogens (primary N) is 1. The molecule has 5 nitrogen and oxygen atoms in total. The summed E-state index contributed by atoms with van der Waals surface area (Å²) in [7, 11) is 0. The third kappa shape index (κ3) is 2.24. The molecule has 0 spiro atoms. The maximum Gasteiger partial charge on any atom is 0.253 e. The van der Waals surface area contributed by atoms with Crippen LogP contribution in [0.4, 0.5) is 0 Å². The van der Waals surface area contributed by atoms with Gasteiger partial charge in [0.05, 0.1) is 0 Å². The Balaban J connectivity index is 1.78. The Morgan fingerprint density at radius 3 is 2.55 bits per heavy atom. The summed E-state index contributed by atoms with van der Waals surface area (Å²) in [6.45, 7) is 1.74. The van der Waals surface area contributed by atoms with E-state index in [9.17, 15) is 4.79 Å². The fraction of sp³-hybridized carbons (Fsp3) is 0.467. The van der Waals surface area contributed by atoms with Gasteiger partial charge in [-0.25, -0.2) is 0 Å². The number of hydrogen-bond acceptors (Lipinski definition) is 3. The second-order valence-corrected chi connectivity index (χ2v) is 5.73. The molecule has 2 fully saturated rings. The number of likely N-dealkylation sites (tertiary alicyclic amines) is 1. The van der Waals surface area contributed by atoms with E-state index < -0.39 is 0 Å². The van der Waals surface area contributed by atoms with Gasteiger partial charge in [-0.1, -0.05) is 23.7 Å². The highest BCUT2D eigenvalue weighted by Crippen LogP contribution is 2.38. The molecular weight excluding hydrogens is 254 g/mol. The number of amides is 1. The second-order valence-electron chi connectivity index (χ2n) is 5.73. The lowest BCUT2D eigenvalue weighted by Gasteiger charge is -2.17. The average Bonchev–Trinajstić information content (AvgIpc) is 3.07. The van der Waals surface area contributed by atoms with Gasteiger partial charge >= 0.3 is 0 Å².